The van der Waals surface area contributed by atoms with Crippen LogP contribution in [0, 0.1) is 0 Å². The highest BCUT2D eigenvalue weighted by Gasteiger charge is 2.08. The molecule has 0 spiro atoms. The van der Waals surface area contributed by atoms with Gasteiger partial charge in [0.2, 0.25) is 0 Å². The normalized spacial score (nSPS) is 10.8. The van der Waals surface area contributed by atoms with Crippen LogP contribution in [0.4, 0.5) is 0 Å². The fraction of sp³-hybridized carbons (Fsp3) is 0.125. The molecule has 6 heteroatoms. The first-order chi connectivity index (χ1) is 10.5. The molecule has 22 heavy (non-hydrogen) atoms. The van der Waals surface area contributed by atoms with Gasteiger partial charge in [0.15, 0.2) is 5.58 Å². The quantitative estimate of drug-likeness (QED) is 0.808. The Hall–Kier alpha value is -2.53. The van der Waals surface area contributed by atoms with Gasteiger partial charge in [0.25, 0.3) is 5.91 Å². The molecule has 1 amide bonds. The molecule has 0 aliphatic rings. The van der Waals surface area contributed by atoms with E-state index in [0.717, 1.165) is 5.56 Å². The second-order valence-electron chi connectivity index (χ2n) is 4.92. The van der Waals surface area contributed by atoms with Crippen molar-refractivity contribution in [1.29, 1.82) is 0 Å². The van der Waals surface area contributed by atoms with Crippen molar-refractivity contribution in [1.82, 2.24) is 9.88 Å². The minimum atomic E-state index is -0.405. The molecule has 1 aromatic heterocycles. The Morgan fingerprint density at radius 2 is 1.95 bits per heavy atom. The Labute approximate surface area is 131 Å². The van der Waals surface area contributed by atoms with Crippen molar-refractivity contribution in [3.05, 3.63) is 69.2 Å². The van der Waals surface area contributed by atoms with Crippen LogP contribution >= 0.6 is 11.6 Å². The third-order valence-electron chi connectivity index (χ3n) is 3.42. The summed E-state index contributed by atoms with van der Waals surface area (Å²) in [4.78, 5) is 23.5. The maximum absolute atomic E-state index is 12.0. The molecular weight excluding hydrogens is 304 g/mol. The molecule has 3 aromatic rings. The third kappa shape index (κ3) is 2.76. The summed E-state index contributed by atoms with van der Waals surface area (Å²) < 4.78 is 6.50. The van der Waals surface area contributed by atoms with E-state index >= 15 is 0 Å². The molecule has 0 aliphatic heterocycles. The minimum absolute atomic E-state index is 0.183. The van der Waals surface area contributed by atoms with Gasteiger partial charge in [-0.3, -0.25) is 9.36 Å². The van der Waals surface area contributed by atoms with Crippen LogP contribution in [0.1, 0.15) is 15.9 Å². The summed E-state index contributed by atoms with van der Waals surface area (Å²) in [5.74, 6) is -0.588. The van der Waals surface area contributed by atoms with Gasteiger partial charge in [0, 0.05) is 24.2 Å². The third-order valence-corrected chi connectivity index (χ3v) is 3.67. The Bertz CT molecular complexity index is 894. The number of carbonyl (C=O) groups is 1. The summed E-state index contributed by atoms with van der Waals surface area (Å²) in [6.45, 7) is 0.358. The van der Waals surface area contributed by atoms with E-state index < -0.39 is 5.76 Å². The summed E-state index contributed by atoms with van der Waals surface area (Å²) in [7, 11) is 1.64. The average Bonchev–Trinajstić information content (AvgIpc) is 2.80. The molecule has 112 valence electrons. The van der Waals surface area contributed by atoms with Crippen LogP contribution in [0.15, 0.2) is 51.7 Å². The SMILES string of the molecule is Cn1c(=O)oc2ccc(CNC(=O)c3ccc(Cl)cc3)cc21. The number of fused-ring (bicyclic) bond motifs is 1. The topological polar surface area (TPSA) is 64.2 Å². The highest BCUT2D eigenvalue weighted by atomic mass is 35.5. The number of carbonyl (C=O) groups excluding carboxylic acids is 1. The molecule has 0 atom stereocenters. The average molecular weight is 317 g/mol. The number of halogens is 1. The fourth-order valence-electron chi connectivity index (χ4n) is 2.17. The molecule has 2 aromatic carbocycles. The van der Waals surface area contributed by atoms with Crippen molar-refractivity contribution in [2.45, 2.75) is 6.54 Å². The van der Waals surface area contributed by atoms with E-state index in [1.54, 1.807) is 37.4 Å². The van der Waals surface area contributed by atoms with Crippen LogP contribution in [-0.4, -0.2) is 10.5 Å². The summed E-state index contributed by atoms with van der Waals surface area (Å²) in [6.07, 6.45) is 0. The van der Waals surface area contributed by atoms with Gasteiger partial charge in [-0.05, 0) is 42.0 Å². The standard InChI is InChI=1S/C16H13ClN2O3/c1-19-13-8-10(2-7-14(13)22-16(19)21)9-18-15(20)11-3-5-12(17)6-4-11/h2-8H,9H2,1H3,(H,18,20). The van der Waals surface area contributed by atoms with E-state index in [1.807, 2.05) is 12.1 Å². The number of nitrogens with zero attached hydrogens (tertiary/aromatic N) is 1. The number of aromatic nitrogens is 1. The number of hydrogen-bond donors (Lipinski definition) is 1. The summed E-state index contributed by atoms with van der Waals surface area (Å²) in [5.41, 5.74) is 2.65. The van der Waals surface area contributed by atoms with Crippen LogP contribution in [0.2, 0.25) is 5.02 Å². The number of aryl methyl sites for hydroxylation is 1. The van der Waals surface area contributed by atoms with E-state index in [2.05, 4.69) is 5.32 Å². The molecular formula is C16H13ClN2O3. The smallest absolute Gasteiger partial charge is 0.408 e. The van der Waals surface area contributed by atoms with Crippen molar-refractivity contribution in [2.75, 3.05) is 0 Å². The van der Waals surface area contributed by atoms with Gasteiger partial charge in [0.1, 0.15) is 0 Å². The predicted octanol–water partition coefficient (Wildman–Crippen LogP) is 2.71. The largest absolute Gasteiger partial charge is 0.419 e. The maximum Gasteiger partial charge on any atom is 0.419 e. The molecule has 0 aliphatic carbocycles. The van der Waals surface area contributed by atoms with Gasteiger partial charge in [-0.25, -0.2) is 4.79 Å². The van der Waals surface area contributed by atoms with E-state index in [4.69, 9.17) is 16.0 Å². The van der Waals surface area contributed by atoms with Gasteiger partial charge in [0.05, 0.1) is 5.52 Å². The van der Waals surface area contributed by atoms with Crippen LogP contribution in [0.25, 0.3) is 11.1 Å². The summed E-state index contributed by atoms with van der Waals surface area (Å²) in [5, 5.41) is 3.41. The Morgan fingerprint density at radius 3 is 2.68 bits per heavy atom. The Balaban J connectivity index is 1.76. The zero-order chi connectivity index (χ0) is 15.7. The summed E-state index contributed by atoms with van der Waals surface area (Å²) >= 11 is 5.79. The lowest BCUT2D eigenvalue weighted by atomic mass is 10.2. The lowest BCUT2D eigenvalue weighted by Gasteiger charge is -2.06. The number of hydrogen-bond acceptors (Lipinski definition) is 3. The van der Waals surface area contributed by atoms with Crippen molar-refractivity contribution in [3.8, 4) is 0 Å². The first kappa shape index (κ1) is 14.4. The Morgan fingerprint density at radius 1 is 1.23 bits per heavy atom. The lowest BCUT2D eigenvalue weighted by molar-refractivity contribution is 0.0951. The molecule has 0 saturated heterocycles. The first-order valence-electron chi connectivity index (χ1n) is 6.67. The van der Waals surface area contributed by atoms with Crippen molar-refractivity contribution >= 4 is 28.6 Å². The number of benzene rings is 2. The Kier molecular flexibility index (Phi) is 3.73. The number of oxazole rings is 1. The van der Waals surface area contributed by atoms with Crippen LogP contribution < -0.4 is 11.1 Å². The molecule has 1 N–H and O–H groups in total. The molecule has 0 radical (unpaired) electrons. The minimum Gasteiger partial charge on any atom is -0.408 e. The zero-order valence-corrected chi connectivity index (χ0v) is 12.6. The van der Waals surface area contributed by atoms with Crippen LogP contribution in [0.3, 0.4) is 0 Å². The second kappa shape index (κ2) is 5.69. The van der Waals surface area contributed by atoms with Gasteiger partial charge in [-0.1, -0.05) is 17.7 Å². The molecule has 0 saturated carbocycles. The molecule has 0 fully saturated rings. The van der Waals surface area contributed by atoms with Gasteiger partial charge >= 0.3 is 5.76 Å². The van der Waals surface area contributed by atoms with E-state index in [9.17, 15) is 9.59 Å². The fourth-order valence-corrected chi connectivity index (χ4v) is 2.29. The lowest BCUT2D eigenvalue weighted by Crippen LogP contribution is -2.22. The zero-order valence-electron chi connectivity index (χ0n) is 11.8. The van der Waals surface area contributed by atoms with Crippen LogP contribution in [-0.2, 0) is 13.6 Å². The highest BCUT2D eigenvalue weighted by molar-refractivity contribution is 6.30. The second-order valence-corrected chi connectivity index (χ2v) is 5.36. The predicted molar refractivity (Wildman–Crippen MR) is 84.1 cm³/mol. The number of amides is 1. The van der Waals surface area contributed by atoms with Crippen LogP contribution in [0.5, 0.6) is 0 Å². The van der Waals surface area contributed by atoms with E-state index in [-0.39, 0.29) is 5.91 Å². The van der Waals surface area contributed by atoms with E-state index in [0.29, 0.717) is 28.2 Å². The number of nitrogens with one attached hydrogen (secondary N) is 1. The van der Waals surface area contributed by atoms with Gasteiger partial charge in [-0.15, -0.1) is 0 Å². The molecule has 3 rings (SSSR count). The highest BCUT2D eigenvalue weighted by Crippen LogP contribution is 2.14. The number of rotatable bonds is 3. The van der Waals surface area contributed by atoms with Gasteiger partial charge < -0.3 is 9.73 Å². The maximum atomic E-state index is 12.0. The van der Waals surface area contributed by atoms with Crippen molar-refractivity contribution in [3.63, 3.8) is 0 Å². The monoisotopic (exact) mass is 316 g/mol. The van der Waals surface area contributed by atoms with Gasteiger partial charge in [-0.2, -0.15) is 0 Å². The molecule has 1 heterocycles. The summed E-state index contributed by atoms with van der Waals surface area (Å²) in [6, 6.07) is 12.0. The van der Waals surface area contributed by atoms with Crippen molar-refractivity contribution in [2.24, 2.45) is 7.05 Å². The van der Waals surface area contributed by atoms with E-state index in [1.165, 1.54) is 4.57 Å². The molecule has 0 unspecified atom stereocenters. The van der Waals surface area contributed by atoms with Crippen molar-refractivity contribution < 1.29 is 9.21 Å². The first-order valence-corrected chi connectivity index (χ1v) is 7.04. The molecule has 0 bridgehead atoms. The molecule has 5 nitrogen and oxygen atoms in total.